The Bertz CT molecular complexity index is 2970. The number of nitrogens with zero attached hydrogens (tertiary/aromatic N) is 3. The summed E-state index contributed by atoms with van der Waals surface area (Å²) in [5, 5.41) is 2.49. The van der Waals surface area contributed by atoms with Crippen LogP contribution in [0.4, 0.5) is 34.1 Å². The number of rotatable bonds is 8. The average molecular weight is 756 g/mol. The molecule has 0 saturated carbocycles. The Hall–Kier alpha value is -7.62. The van der Waals surface area contributed by atoms with Crippen LogP contribution in [0.25, 0.3) is 32.9 Å². The highest BCUT2D eigenvalue weighted by Crippen LogP contribution is 2.58. The standard InChI is InChI=1S/C56H41N3/c1-57-54-37-47(59(44-28-16-6-17-29-44)45-30-18-7-19-31-45)33-35-49(54)51-38-53-50(39-55(51)57)48-34-32-46(58(42-24-12-4-13-25-42)43-26-14-5-15-27-43)36-52(48)56(53,40-20-8-2-9-21-40)41-22-10-3-11-23-41/h2-39H,1H3. The minimum Gasteiger partial charge on any atom is -0.344 e. The van der Waals surface area contributed by atoms with Crippen LogP contribution < -0.4 is 9.80 Å². The van der Waals surface area contributed by atoms with Gasteiger partial charge in [-0.25, -0.2) is 0 Å². The van der Waals surface area contributed by atoms with Crippen LogP contribution in [0.2, 0.25) is 0 Å². The van der Waals surface area contributed by atoms with Gasteiger partial charge in [-0.1, -0.05) is 146 Å². The lowest BCUT2D eigenvalue weighted by atomic mass is 9.67. The van der Waals surface area contributed by atoms with E-state index in [1.165, 1.54) is 55.2 Å². The van der Waals surface area contributed by atoms with Gasteiger partial charge in [0.2, 0.25) is 0 Å². The largest absolute Gasteiger partial charge is 0.344 e. The van der Waals surface area contributed by atoms with E-state index in [-0.39, 0.29) is 0 Å². The number of benzene rings is 9. The van der Waals surface area contributed by atoms with Crippen LogP contribution in [0.15, 0.2) is 231 Å². The van der Waals surface area contributed by atoms with Crippen molar-refractivity contribution in [3.8, 4) is 11.1 Å². The molecule has 3 nitrogen and oxygen atoms in total. The lowest BCUT2D eigenvalue weighted by molar-refractivity contribution is 0.769. The Morgan fingerprint density at radius 2 is 0.712 bits per heavy atom. The quantitative estimate of drug-likeness (QED) is 0.153. The lowest BCUT2D eigenvalue weighted by Crippen LogP contribution is -2.28. The van der Waals surface area contributed by atoms with Crippen LogP contribution in [0.3, 0.4) is 0 Å². The van der Waals surface area contributed by atoms with E-state index in [9.17, 15) is 0 Å². The summed E-state index contributed by atoms with van der Waals surface area (Å²) < 4.78 is 2.38. The van der Waals surface area contributed by atoms with E-state index < -0.39 is 5.41 Å². The third kappa shape index (κ3) is 5.50. The van der Waals surface area contributed by atoms with Crippen molar-refractivity contribution >= 4 is 55.9 Å². The molecule has 9 aromatic carbocycles. The van der Waals surface area contributed by atoms with Crippen LogP contribution in [0.1, 0.15) is 22.3 Å². The molecule has 0 amide bonds. The molecule has 280 valence electrons. The number of fused-ring (bicyclic) bond motifs is 6. The van der Waals surface area contributed by atoms with E-state index in [1.54, 1.807) is 0 Å². The number of para-hydroxylation sites is 4. The fourth-order valence-electron chi connectivity index (χ4n) is 9.64. The molecule has 0 spiro atoms. The summed E-state index contributed by atoms with van der Waals surface area (Å²) in [5.74, 6) is 0. The van der Waals surface area contributed by atoms with Gasteiger partial charge >= 0.3 is 0 Å². The van der Waals surface area contributed by atoms with Gasteiger partial charge in [0.25, 0.3) is 0 Å². The van der Waals surface area contributed by atoms with Gasteiger partial charge in [0, 0.05) is 57.5 Å². The van der Waals surface area contributed by atoms with Gasteiger partial charge in [-0.2, -0.15) is 0 Å². The average Bonchev–Trinajstić information content (AvgIpc) is 3.75. The molecule has 1 aliphatic rings. The molecule has 1 heterocycles. The number of aryl methyl sites for hydroxylation is 1. The molecule has 0 bridgehead atoms. The zero-order valence-corrected chi connectivity index (χ0v) is 32.8. The Morgan fingerprint density at radius 1 is 0.322 bits per heavy atom. The van der Waals surface area contributed by atoms with Crippen molar-refractivity contribution in [1.82, 2.24) is 4.57 Å². The molecule has 0 fully saturated rings. The third-order valence-electron chi connectivity index (χ3n) is 12.2. The van der Waals surface area contributed by atoms with Crippen LogP contribution in [0, 0.1) is 0 Å². The van der Waals surface area contributed by atoms with Crippen molar-refractivity contribution in [3.05, 3.63) is 253 Å². The van der Waals surface area contributed by atoms with E-state index >= 15 is 0 Å². The van der Waals surface area contributed by atoms with E-state index in [0.29, 0.717) is 0 Å². The van der Waals surface area contributed by atoms with Crippen LogP contribution in [0.5, 0.6) is 0 Å². The third-order valence-corrected chi connectivity index (χ3v) is 12.2. The maximum absolute atomic E-state index is 2.50. The molecule has 59 heavy (non-hydrogen) atoms. The van der Waals surface area contributed by atoms with Gasteiger partial charge < -0.3 is 14.4 Å². The first-order chi connectivity index (χ1) is 29.2. The van der Waals surface area contributed by atoms with Crippen molar-refractivity contribution in [1.29, 1.82) is 0 Å². The Labute approximate surface area is 345 Å². The molecule has 11 rings (SSSR count). The Kier molecular flexibility index (Phi) is 8.27. The smallest absolute Gasteiger partial charge is 0.0714 e. The number of aromatic nitrogens is 1. The zero-order chi connectivity index (χ0) is 39.3. The second-order valence-electron chi connectivity index (χ2n) is 15.4. The number of hydrogen-bond acceptors (Lipinski definition) is 2. The topological polar surface area (TPSA) is 11.4 Å². The SMILES string of the molecule is Cn1c2cc(N(c3ccccc3)c3ccccc3)ccc2c2cc3c(cc21)-c1ccc(N(c2ccccc2)c2ccccc2)cc1C3(c1ccccc1)c1ccccc1. The van der Waals surface area contributed by atoms with Gasteiger partial charge in [-0.3, -0.25) is 0 Å². The molecule has 0 unspecified atom stereocenters. The highest BCUT2D eigenvalue weighted by Gasteiger charge is 2.47. The maximum Gasteiger partial charge on any atom is 0.0714 e. The summed E-state index contributed by atoms with van der Waals surface area (Å²) in [6.45, 7) is 0. The molecule has 0 aliphatic heterocycles. The summed E-state index contributed by atoms with van der Waals surface area (Å²) in [6.07, 6.45) is 0. The second-order valence-corrected chi connectivity index (χ2v) is 15.4. The molecule has 3 heteroatoms. The summed E-state index contributed by atoms with van der Waals surface area (Å²) >= 11 is 0. The van der Waals surface area contributed by atoms with Crippen LogP contribution >= 0.6 is 0 Å². The summed E-state index contributed by atoms with van der Waals surface area (Å²) in [5.41, 5.74) is 16.2. The highest BCUT2D eigenvalue weighted by molar-refractivity contribution is 6.12. The molecule has 10 aromatic rings. The van der Waals surface area contributed by atoms with Gasteiger partial charge in [-0.15, -0.1) is 0 Å². The van der Waals surface area contributed by atoms with Gasteiger partial charge in [-0.05, 0) is 118 Å². The molecule has 0 atom stereocenters. The van der Waals surface area contributed by atoms with Crippen molar-refractivity contribution < 1.29 is 0 Å². The molecule has 1 aliphatic carbocycles. The first-order valence-electron chi connectivity index (χ1n) is 20.3. The van der Waals surface area contributed by atoms with Crippen molar-refractivity contribution in [2.45, 2.75) is 5.41 Å². The fourth-order valence-corrected chi connectivity index (χ4v) is 9.64. The fraction of sp³-hybridized carbons (Fsp3) is 0.0357. The minimum atomic E-state index is -0.573. The molecular weight excluding hydrogens is 715 g/mol. The lowest BCUT2D eigenvalue weighted by Gasteiger charge is -2.35. The number of hydrogen-bond donors (Lipinski definition) is 0. The Balaban J connectivity index is 1.17. The van der Waals surface area contributed by atoms with Crippen molar-refractivity contribution in [2.24, 2.45) is 7.05 Å². The van der Waals surface area contributed by atoms with E-state index in [2.05, 4.69) is 252 Å². The zero-order valence-electron chi connectivity index (χ0n) is 32.8. The normalized spacial score (nSPS) is 12.6. The van der Waals surface area contributed by atoms with E-state index in [0.717, 1.165) is 34.1 Å². The number of anilines is 6. The molecule has 0 N–H and O–H groups in total. The first kappa shape index (κ1) is 34.6. The van der Waals surface area contributed by atoms with Gasteiger partial charge in [0.1, 0.15) is 0 Å². The first-order valence-corrected chi connectivity index (χ1v) is 20.3. The van der Waals surface area contributed by atoms with Gasteiger partial charge in [0.05, 0.1) is 10.9 Å². The maximum atomic E-state index is 2.50. The summed E-state index contributed by atoms with van der Waals surface area (Å²) in [4.78, 5) is 4.72. The Morgan fingerprint density at radius 3 is 1.19 bits per heavy atom. The minimum absolute atomic E-state index is 0.573. The van der Waals surface area contributed by atoms with Crippen LogP contribution in [-0.4, -0.2) is 4.57 Å². The molecule has 0 saturated heterocycles. The highest BCUT2D eigenvalue weighted by atomic mass is 15.1. The molecular formula is C56H41N3. The van der Waals surface area contributed by atoms with Gasteiger partial charge in [0.15, 0.2) is 0 Å². The van der Waals surface area contributed by atoms with Crippen molar-refractivity contribution in [3.63, 3.8) is 0 Å². The summed E-state index contributed by atoms with van der Waals surface area (Å²) in [6, 6.07) is 84.0. The summed E-state index contributed by atoms with van der Waals surface area (Å²) in [7, 11) is 2.22. The monoisotopic (exact) mass is 755 g/mol. The van der Waals surface area contributed by atoms with Crippen LogP contribution in [-0.2, 0) is 12.5 Å². The second kappa shape index (κ2) is 14.1. The molecule has 0 radical (unpaired) electrons. The van der Waals surface area contributed by atoms with Crippen molar-refractivity contribution in [2.75, 3.05) is 9.80 Å². The van der Waals surface area contributed by atoms with E-state index in [4.69, 9.17) is 0 Å². The van der Waals surface area contributed by atoms with E-state index in [1.807, 2.05) is 0 Å². The predicted molar refractivity (Wildman–Crippen MR) is 247 cm³/mol. The molecule has 1 aromatic heterocycles. The predicted octanol–water partition coefficient (Wildman–Crippen LogP) is 14.6.